The zero-order valence-corrected chi connectivity index (χ0v) is 16.3. The first-order chi connectivity index (χ1) is 12.2. The molecule has 142 valence electrons. The molecule has 2 aliphatic rings. The molecule has 1 fully saturated rings. The van der Waals surface area contributed by atoms with E-state index in [2.05, 4.69) is 31.4 Å². The number of rotatable bonds is 4. The molecule has 0 radical (unpaired) electrons. The van der Waals surface area contributed by atoms with Crippen LogP contribution >= 0.6 is 11.3 Å². The Balaban J connectivity index is 1.50. The number of thiophene rings is 1. The van der Waals surface area contributed by atoms with Gasteiger partial charge in [0, 0.05) is 10.9 Å². The normalized spacial score (nSPS) is 19.4. The summed E-state index contributed by atoms with van der Waals surface area (Å²) in [6.45, 7) is 6.30. The van der Waals surface area contributed by atoms with Crippen molar-refractivity contribution in [1.82, 2.24) is 10.6 Å². The van der Waals surface area contributed by atoms with Crippen LogP contribution in [0, 0.1) is 11.3 Å². The Labute approximate surface area is 157 Å². The van der Waals surface area contributed by atoms with Crippen LogP contribution in [0.4, 0.5) is 4.79 Å². The van der Waals surface area contributed by atoms with E-state index >= 15 is 0 Å². The van der Waals surface area contributed by atoms with E-state index < -0.39 is 24.5 Å². The predicted molar refractivity (Wildman–Crippen MR) is 99.3 cm³/mol. The monoisotopic (exact) mass is 378 g/mol. The Morgan fingerprint density at radius 3 is 2.62 bits per heavy atom. The summed E-state index contributed by atoms with van der Waals surface area (Å²) in [5.74, 6) is -0.524. The van der Waals surface area contributed by atoms with Gasteiger partial charge in [0.15, 0.2) is 6.61 Å². The second kappa shape index (κ2) is 7.39. The van der Waals surface area contributed by atoms with Gasteiger partial charge >= 0.3 is 12.0 Å². The summed E-state index contributed by atoms with van der Waals surface area (Å²) < 4.78 is 5.06. The minimum atomic E-state index is -0.620. The summed E-state index contributed by atoms with van der Waals surface area (Å²) >= 11 is 1.45. The summed E-state index contributed by atoms with van der Waals surface area (Å²) in [6.07, 6.45) is 4.97. The molecule has 1 aromatic rings. The number of hydrogen-bond donors (Lipinski definition) is 2. The maximum Gasteiger partial charge on any atom is 0.348 e. The minimum absolute atomic E-state index is 0.166. The smallest absolute Gasteiger partial charge is 0.348 e. The molecular formula is C19H26N2O4S. The number of esters is 1. The maximum absolute atomic E-state index is 12.2. The summed E-state index contributed by atoms with van der Waals surface area (Å²) in [7, 11) is 0. The number of carbonyl (C=O) groups excluding carboxylic acids is 3. The molecule has 0 aliphatic heterocycles. The number of fused-ring (bicyclic) bond motifs is 1. The van der Waals surface area contributed by atoms with Crippen molar-refractivity contribution in [3.63, 3.8) is 0 Å². The Bertz CT molecular complexity index is 716. The van der Waals surface area contributed by atoms with Crippen molar-refractivity contribution in [3.05, 3.63) is 21.4 Å². The number of urea groups is 1. The van der Waals surface area contributed by atoms with E-state index in [1.165, 1.54) is 21.8 Å². The topological polar surface area (TPSA) is 84.5 Å². The van der Waals surface area contributed by atoms with Gasteiger partial charge in [-0.25, -0.2) is 9.59 Å². The third kappa shape index (κ3) is 4.84. The van der Waals surface area contributed by atoms with E-state index in [1.807, 2.05) is 6.07 Å². The Morgan fingerprint density at radius 1 is 1.23 bits per heavy atom. The molecule has 1 heterocycles. The fraction of sp³-hybridized carbons (Fsp3) is 0.632. The number of carbonyl (C=O) groups is 3. The lowest BCUT2D eigenvalue weighted by Gasteiger charge is -2.33. The number of aryl methyl sites for hydroxylation is 1. The number of nitrogens with one attached hydrogen (secondary N) is 2. The molecule has 0 saturated heterocycles. The van der Waals surface area contributed by atoms with E-state index in [0.29, 0.717) is 10.8 Å². The van der Waals surface area contributed by atoms with Gasteiger partial charge in [0.25, 0.3) is 5.91 Å². The van der Waals surface area contributed by atoms with E-state index in [1.54, 1.807) is 0 Å². The van der Waals surface area contributed by atoms with E-state index in [0.717, 1.165) is 32.1 Å². The third-order valence-corrected chi connectivity index (χ3v) is 6.23. The van der Waals surface area contributed by atoms with Crippen molar-refractivity contribution in [2.24, 2.45) is 11.3 Å². The molecule has 7 heteroatoms. The summed E-state index contributed by atoms with van der Waals surface area (Å²) in [4.78, 5) is 37.2. The van der Waals surface area contributed by atoms with E-state index in [9.17, 15) is 14.4 Å². The maximum atomic E-state index is 12.2. The van der Waals surface area contributed by atoms with Gasteiger partial charge in [0.05, 0.1) is 0 Å². The van der Waals surface area contributed by atoms with Crippen molar-refractivity contribution in [2.75, 3.05) is 6.61 Å². The van der Waals surface area contributed by atoms with Crippen LogP contribution in [0.3, 0.4) is 0 Å². The first-order valence-corrected chi connectivity index (χ1v) is 9.93. The number of imide groups is 1. The zero-order chi connectivity index (χ0) is 18.9. The SMILES string of the molecule is CC(C)(C)[C@@H]1CCc2sc(C(=O)OCC(=O)NC(=O)NC3CC3)cc2C1. The second-order valence-corrected chi connectivity index (χ2v) is 9.37. The molecule has 2 aliphatic carbocycles. The molecule has 6 nitrogen and oxygen atoms in total. The van der Waals surface area contributed by atoms with Gasteiger partial charge in [-0.3, -0.25) is 10.1 Å². The van der Waals surface area contributed by atoms with Gasteiger partial charge in [-0.2, -0.15) is 0 Å². The average molecular weight is 378 g/mol. The van der Waals surface area contributed by atoms with Crippen LogP contribution in [0.1, 0.15) is 60.1 Å². The van der Waals surface area contributed by atoms with Gasteiger partial charge in [-0.1, -0.05) is 20.8 Å². The first kappa shape index (κ1) is 18.9. The highest BCUT2D eigenvalue weighted by Gasteiger charge is 2.30. The van der Waals surface area contributed by atoms with Crippen molar-refractivity contribution in [3.8, 4) is 0 Å². The number of hydrogen-bond acceptors (Lipinski definition) is 5. The Morgan fingerprint density at radius 2 is 1.96 bits per heavy atom. The van der Waals surface area contributed by atoms with Crippen LogP contribution in [-0.4, -0.2) is 30.6 Å². The van der Waals surface area contributed by atoms with Crippen LogP contribution in [0.2, 0.25) is 0 Å². The minimum Gasteiger partial charge on any atom is -0.451 e. The van der Waals surface area contributed by atoms with Crippen LogP contribution in [0.25, 0.3) is 0 Å². The lowest BCUT2D eigenvalue weighted by Crippen LogP contribution is -2.42. The molecule has 3 amide bonds. The van der Waals surface area contributed by atoms with Gasteiger partial charge in [0.2, 0.25) is 0 Å². The average Bonchev–Trinajstić information content (AvgIpc) is 3.25. The summed E-state index contributed by atoms with van der Waals surface area (Å²) in [5.41, 5.74) is 1.47. The molecular weight excluding hydrogens is 352 g/mol. The largest absolute Gasteiger partial charge is 0.451 e. The van der Waals surface area contributed by atoms with Crippen molar-refractivity contribution >= 4 is 29.2 Å². The van der Waals surface area contributed by atoms with Crippen LogP contribution < -0.4 is 10.6 Å². The highest BCUT2D eigenvalue weighted by atomic mass is 32.1. The standard InChI is InChI=1S/C19H26N2O4S/c1-19(2,3)12-4-7-14-11(8-12)9-15(26-14)17(23)25-10-16(22)21-18(24)20-13-5-6-13/h9,12-13H,4-8,10H2,1-3H3,(H2,20,21,22,24)/t12-/m1/s1. The fourth-order valence-electron chi connectivity index (χ4n) is 3.18. The van der Waals surface area contributed by atoms with Crippen molar-refractivity contribution < 1.29 is 19.1 Å². The van der Waals surface area contributed by atoms with E-state index in [4.69, 9.17) is 4.74 Å². The third-order valence-electron chi connectivity index (χ3n) is 5.01. The van der Waals surface area contributed by atoms with Crippen molar-refractivity contribution in [2.45, 2.75) is 58.9 Å². The molecule has 2 N–H and O–H groups in total. The Hall–Kier alpha value is -1.89. The van der Waals surface area contributed by atoms with Gasteiger partial charge in [-0.15, -0.1) is 11.3 Å². The number of ether oxygens (including phenoxy) is 1. The summed E-state index contributed by atoms with van der Waals surface area (Å²) in [5, 5.41) is 4.81. The van der Waals surface area contributed by atoms with Crippen LogP contribution in [0.5, 0.6) is 0 Å². The molecule has 26 heavy (non-hydrogen) atoms. The van der Waals surface area contributed by atoms with Crippen LogP contribution in [-0.2, 0) is 22.4 Å². The second-order valence-electron chi connectivity index (χ2n) is 8.24. The van der Waals surface area contributed by atoms with Gasteiger partial charge < -0.3 is 10.1 Å². The lowest BCUT2D eigenvalue weighted by molar-refractivity contribution is -0.123. The molecule has 0 bridgehead atoms. The molecule has 0 unspecified atom stereocenters. The quantitative estimate of drug-likeness (QED) is 0.789. The van der Waals surface area contributed by atoms with E-state index in [-0.39, 0.29) is 11.5 Å². The number of amides is 3. The lowest BCUT2D eigenvalue weighted by atomic mass is 9.72. The summed E-state index contributed by atoms with van der Waals surface area (Å²) in [6, 6.07) is 1.53. The molecule has 1 aromatic heterocycles. The van der Waals surface area contributed by atoms with Gasteiger partial charge in [-0.05, 0) is 55.1 Å². The zero-order valence-electron chi connectivity index (χ0n) is 15.5. The molecule has 1 atom stereocenters. The Kier molecular flexibility index (Phi) is 5.37. The van der Waals surface area contributed by atoms with Crippen LogP contribution in [0.15, 0.2) is 6.07 Å². The molecule has 0 spiro atoms. The van der Waals surface area contributed by atoms with Crippen molar-refractivity contribution in [1.29, 1.82) is 0 Å². The molecule has 0 aromatic carbocycles. The molecule has 1 saturated carbocycles. The first-order valence-electron chi connectivity index (χ1n) is 9.11. The van der Waals surface area contributed by atoms with Gasteiger partial charge in [0.1, 0.15) is 4.88 Å². The highest BCUT2D eigenvalue weighted by molar-refractivity contribution is 7.14. The molecule has 3 rings (SSSR count). The predicted octanol–water partition coefficient (Wildman–Crippen LogP) is 3.04. The fourth-order valence-corrected chi connectivity index (χ4v) is 4.28. The highest BCUT2D eigenvalue weighted by Crippen LogP contribution is 2.40.